The minimum absolute atomic E-state index is 0.239. The van der Waals surface area contributed by atoms with E-state index in [0.717, 1.165) is 4.91 Å². The third-order valence-corrected chi connectivity index (χ3v) is 2.08. The number of rotatable bonds is 5. The van der Waals surface area contributed by atoms with E-state index in [1.807, 2.05) is 0 Å². The molecule has 0 saturated heterocycles. The number of hydrogen-bond donors (Lipinski definition) is 0. The standard InChI is InChI=1S/C9H12O2S/c1-4-6-8(5-2)12-7-9(10)11-3/h4-6H,1-2,7H2,3H3/b8-6+. The second-order valence-electron chi connectivity index (χ2n) is 1.87. The highest BCUT2D eigenvalue weighted by Gasteiger charge is 2.00. The maximum atomic E-state index is 10.7. The van der Waals surface area contributed by atoms with Crippen LogP contribution >= 0.6 is 11.8 Å². The van der Waals surface area contributed by atoms with Gasteiger partial charge in [-0.15, -0.1) is 11.8 Å². The van der Waals surface area contributed by atoms with Crippen molar-refractivity contribution in [1.29, 1.82) is 0 Å². The van der Waals surface area contributed by atoms with E-state index in [-0.39, 0.29) is 5.97 Å². The molecule has 0 aliphatic carbocycles. The Balaban J connectivity index is 3.88. The Kier molecular flexibility index (Phi) is 6.19. The molecular weight excluding hydrogens is 172 g/mol. The number of allylic oxidation sites excluding steroid dienone is 3. The van der Waals surface area contributed by atoms with Crippen LogP contribution in [0.15, 0.2) is 36.3 Å². The van der Waals surface area contributed by atoms with E-state index < -0.39 is 0 Å². The van der Waals surface area contributed by atoms with Crippen molar-refractivity contribution in [1.82, 2.24) is 0 Å². The van der Waals surface area contributed by atoms with E-state index in [9.17, 15) is 4.79 Å². The van der Waals surface area contributed by atoms with Crippen LogP contribution in [0.3, 0.4) is 0 Å². The van der Waals surface area contributed by atoms with E-state index in [4.69, 9.17) is 0 Å². The molecule has 12 heavy (non-hydrogen) atoms. The van der Waals surface area contributed by atoms with Crippen LogP contribution in [-0.4, -0.2) is 18.8 Å². The minimum atomic E-state index is -0.239. The fraction of sp³-hybridized carbons (Fsp3) is 0.222. The first kappa shape index (κ1) is 11.0. The van der Waals surface area contributed by atoms with Gasteiger partial charge in [0.25, 0.3) is 0 Å². The second-order valence-corrected chi connectivity index (χ2v) is 2.92. The summed E-state index contributed by atoms with van der Waals surface area (Å²) in [7, 11) is 1.37. The van der Waals surface area contributed by atoms with Crippen molar-refractivity contribution in [3.63, 3.8) is 0 Å². The summed E-state index contributed by atoms with van der Waals surface area (Å²) < 4.78 is 4.48. The number of esters is 1. The molecule has 0 spiro atoms. The lowest BCUT2D eigenvalue weighted by Gasteiger charge is -1.98. The maximum absolute atomic E-state index is 10.7. The Labute approximate surface area is 77.0 Å². The molecule has 0 atom stereocenters. The second kappa shape index (κ2) is 6.73. The smallest absolute Gasteiger partial charge is 0.315 e. The normalized spacial score (nSPS) is 10.6. The van der Waals surface area contributed by atoms with Crippen molar-refractivity contribution in [2.75, 3.05) is 12.9 Å². The lowest BCUT2D eigenvalue weighted by atomic mass is 10.5. The Morgan fingerprint density at radius 2 is 2.25 bits per heavy atom. The average Bonchev–Trinajstić information content (AvgIpc) is 2.11. The molecule has 0 N–H and O–H groups in total. The van der Waals surface area contributed by atoms with Crippen LogP contribution in [0.4, 0.5) is 0 Å². The van der Waals surface area contributed by atoms with E-state index in [0.29, 0.717) is 5.75 Å². The summed E-state index contributed by atoms with van der Waals surface area (Å²) in [6.45, 7) is 7.14. The molecule has 66 valence electrons. The van der Waals surface area contributed by atoms with Crippen LogP contribution in [0.1, 0.15) is 0 Å². The molecule has 0 saturated carbocycles. The Morgan fingerprint density at radius 3 is 2.67 bits per heavy atom. The first-order chi connectivity index (χ1) is 5.74. The number of methoxy groups -OCH3 is 1. The number of carbonyl (C=O) groups excluding carboxylic acids is 1. The SMILES string of the molecule is C=C/C=C(\C=C)SCC(=O)OC. The molecule has 0 unspecified atom stereocenters. The molecular formula is C9H12O2S. The van der Waals surface area contributed by atoms with Gasteiger partial charge in [0, 0.05) is 4.91 Å². The largest absolute Gasteiger partial charge is 0.468 e. The summed E-state index contributed by atoms with van der Waals surface area (Å²) in [5, 5.41) is 0. The zero-order valence-electron chi connectivity index (χ0n) is 7.08. The van der Waals surface area contributed by atoms with Crippen LogP contribution < -0.4 is 0 Å². The van der Waals surface area contributed by atoms with Gasteiger partial charge >= 0.3 is 5.97 Å². The van der Waals surface area contributed by atoms with E-state index in [2.05, 4.69) is 17.9 Å². The molecule has 0 aromatic rings. The van der Waals surface area contributed by atoms with Gasteiger partial charge in [-0.05, 0) is 6.08 Å². The molecule has 0 amide bonds. The Morgan fingerprint density at radius 1 is 1.58 bits per heavy atom. The van der Waals surface area contributed by atoms with E-state index in [1.165, 1.54) is 18.9 Å². The fourth-order valence-corrected chi connectivity index (χ4v) is 1.21. The lowest BCUT2D eigenvalue weighted by molar-refractivity contribution is -0.137. The summed E-state index contributed by atoms with van der Waals surface area (Å²) >= 11 is 1.38. The first-order valence-electron chi connectivity index (χ1n) is 3.39. The van der Waals surface area contributed by atoms with Crippen molar-refractivity contribution in [3.05, 3.63) is 36.3 Å². The number of carbonyl (C=O) groups is 1. The molecule has 0 aliphatic heterocycles. The predicted molar refractivity (Wildman–Crippen MR) is 53.0 cm³/mol. The molecule has 0 aromatic heterocycles. The van der Waals surface area contributed by atoms with Gasteiger partial charge in [0.15, 0.2) is 0 Å². The van der Waals surface area contributed by atoms with Crippen molar-refractivity contribution < 1.29 is 9.53 Å². The molecule has 0 rings (SSSR count). The summed E-state index contributed by atoms with van der Waals surface area (Å²) in [6, 6.07) is 0. The zero-order valence-corrected chi connectivity index (χ0v) is 7.89. The number of ether oxygens (including phenoxy) is 1. The van der Waals surface area contributed by atoms with Crippen LogP contribution in [0.5, 0.6) is 0 Å². The van der Waals surface area contributed by atoms with Crippen LogP contribution in [-0.2, 0) is 9.53 Å². The molecule has 0 fully saturated rings. The van der Waals surface area contributed by atoms with Gasteiger partial charge in [0.05, 0.1) is 12.9 Å². The van der Waals surface area contributed by atoms with Crippen molar-refractivity contribution in [2.24, 2.45) is 0 Å². The third kappa shape index (κ3) is 4.79. The Bertz CT molecular complexity index is 207. The quantitative estimate of drug-likeness (QED) is 0.483. The van der Waals surface area contributed by atoms with E-state index >= 15 is 0 Å². The van der Waals surface area contributed by atoms with Gasteiger partial charge < -0.3 is 4.74 Å². The van der Waals surface area contributed by atoms with Gasteiger partial charge in [-0.1, -0.05) is 25.3 Å². The molecule has 3 heteroatoms. The van der Waals surface area contributed by atoms with Gasteiger partial charge in [-0.3, -0.25) is 4.79 Å². The van der Waals surface area contributed by atoms with Crippen LogP contribution in [0.25, 0.3) is 0 Å². The monoisotopic (exact) mass is 184 g/mol. The van der Waals surface area contributed by atoms with Gasteiger partial charge in [0.2, 0.25) is 0 Å². The van der Waals surface area contributed by atoms with Gasteiger partial charge in [-0.2, -0.15) is 0 Å². The van der Waals surface area contributed by atoms with Crippen LogP contribution in [0, 0.1) is 0 Å². The number of thioether (sulfide) groups is 1. The van der Waals surface area contributed by atoms with Crippen molar-refractivity contribution in [3.8, 4) is 0 Å². The third-order valence-electron chi connectivity index (χ3n) is 1.07. The summed E-state index contributed by atoms with van der Waals surface area (Å²) in [6.07, 6.45) is 5.12. The Hall–Kier alpha value is -0.960. The van der Waals surface area contributed by atoms with Gasteiger partial charge in [0.1, 0.15) is 0 Å². The predicted octanol–water partition coefficient (Wildman–Crippen LogP) is 2.15. The van der Waals surface area contributed by atoms with Crippen molar-refractivity contribution in [2.45, 2.75) is 0 Å². The summed E-state index contributed by atoms with van der Waals surface area (Å²) in [4.78, 5) is 11.6. The lowest BCUT2D eigenvalue weighted by Crippen LogP contribution is -2.02. The molecule has 2 nitrogen and oxygen atoms in total. The molecule has 0 aromatic carbocycles. The topological polar surface area (TPSA) is 26.3 Å². The molecule has 0 heterocycles. The summed E-state index contributed by atoms with van der Waals surface area (Å²) in [5.41, 5.74) is 0. The fourth-order valence-electron chi connectivity index (χ4n) is 0.492. The zero-order chi connectivity index (χ0) is 9.40. The highest BCUT2D eigenvalue weighted by atomic mass is 32.2. The summed E-state index contributed by atoms with van der Waals surface area (Å²) in [5.74, 6) is 0.0687. The van der Waals surface area contributed by atoms with E-state index in [1.54, 1.807) is 18.2 Å². The number of hydrogen-bond acceptors (Lipinski definition) is 3. The molecule has 0 bridgehead atoms. The molecule has 0 aliphatic rings. The minimum Gasteiger partial charge on any atom is -0.468 e. The van der Waals surface area contributed by atoms with Gasteiger partial charge in [-0.25, -0.2) is 0 Å². The first-order valence-corrected chi connectivity index (χ1v) is 4.38. The molecule has 0 radical (unpaired) electrons. The average molecular weight is 184 g/mol. The van der Waals surface area contributed by atoms with Crippen molar-refractivity contribution >= 4 is 17.7 Å². The highest BCUT2D eigenvalue weighted by Crippen LogP contribution is 2.16. The van der Waals surface area contributed by atoms with Crippen LogP contribution in [0.2, 0.25) is 0 Å². The highest BCUT2D eigenvalue weighted by molar-refractivity contribution is 8.03. The maximum Gasteiger partial charge on any atom is 0.315 e.